The molecule has 2 aromatic heterocycles. The summed E-state index contributed by atoms with van der Waals surface area (Å²) >= 11 is 4.02. The average Bonchev–Trinajstić information content (AvgIpc) is 3.43. The van der Waals surface area contributed by atoms with Gasteiger partial charge in [0.15, 0.2) is 0 Å². The zero-order valence-electron chi connectivity index (χ0n) is 19.8. The minimum atomic E-state index is 0.724. The maximum Gasteiger partial charge on any atom is 0.0387 e. The molecule has 2 heterocycles. The molecule has 0 bridgehead atoms. The Balaban J connectivity index is 2.15. The third kappa shape index (κ3) is 5.30. The molecule has 0 amide bonds. The van der Waals surface area contributed by atoms with E-state index < -0.39 is 0 Å². The molecule has 0 unspecified atom stereocenters. The van der Waals surface area contributed by atoms with Crippen molar-refractivity contribution in [2.45, 2.75) is 117 Å². The van der Waals surface area contributed by atoms with Crippen LogP contribution in [0.3, 0.4) is 0 Å². The van der Waals surface area contributed by atoms with Crippen molar-refractivity contribution in [1.29, 1.82) is 0 Å². The highest BCUT2D eigenvalue weighted by Gasteiger charge is 2.25. The van der Waals surface area contributed by atoms with E-state index in [0.717, 1.165) is 11.8 Å². The van der Waals surface area contributed by atoms with Crippen molar-refractivity contribution in [3.63, 3.8) is 0 Å². The fraction of sp³-hybridized carbons (Fsp3) is 0.643. The second-order valence-electron chi connectivity index (χ2n) is 9.12. The van der Waals surface area contributed by atoms with Crippen molar-refractivity contribution in [2.24, 2.45) is 0 Å². The summed E-state index contributed by atoms with van der Waals surface area (Å²) in [5.74, 6) is 1.45. The van der Waals surface area contributed by atoms with Gasteiger partial charge < -0.3 is 0 Å². The first-order valence-corrected chi connectivity index (χ1v) is 14.4. The van der Waals surface area contributed by atoms with Crippen molar-refractivity contribution in [2.75, 3.05) is 0 Å². The lowest BCUT2D eigenvalue weighted by Crippen LogP contribution is -2.05. The molecule has 0 radical (unpaired) electrons. The lowest BCUT2D eigenvalue weighted by molar-refractivity contribution is 0.527. The molecule has 2 heteroatoms. The number of fused-ring (bicyclic) bond motifs is 2. The molecule has 0 fully saturated rings. The maximum absolute atomic E-state index is 2.46. The minimum absolute atomic E-state index is 0.724. The molecule has 1 aromatic carbocycles. The smallest absolute Gasteiger partial charge is 0.0387 e. The second-order valence-corrected chi connectivity index (χ2v) is 10.9. The van der Waals surface area contributed by atoms with Crippen molar-refractivity contribution in [3.05, 3.63) is 34.0 Å². The van der Waals surface area contributed by atoms with Crippen LogP contribution < -0.4 is 0 Å². The lowest BCUT2D eigenvalue weighted by Gasteiger charge is -2.24. The molecule has 0 saturated carbocycles. The van der Waals surface area contributed by atoms with Crippen LogP contribution in [-0.4, -0.2) is 0 Å². The molecule has 30 heavy (non-hydrogen) atoms. The Morgan fingerprint density at radius 3 is 1.20 bits per heavy atom. The van der Waals surface area contributed by atoms with Crippen LogP contribution in [0.1, 0.15) is 128 Å². The Morgan fingerprint density at radius 2 is 0.900 bits per heavy atom. The zero-order chi connectivity index (χ0) is 21.3. The van der Waals surface area contributed by atoms with Crippen molar-refractivity contribution in [1.82, 2.24) is 0 Å². The van der Waals surface area contributed by atoms with E-state index in [0.29, 0.717) is 0 Å². The average molecular weight is 443 g/mol. The highest BCUT2D eigenvalue weighted by atomic mass is 32.1. The molecule has 0 nitrogen and oxygen atoms in total. The van der Waals surface area contributed by atoms with E-state index in [9.17, 15) is 0 Å². The van der Waals surface area contributed by atoms with Crippen molar-refractivity contribution < 1.29 is 0 Å². The summed E-state index contributed by atoms with van der Waals surface area (Å²) < 4.78 is 3.23. The molecular weight excluding hydrogens is 400 g/mol. The fourth-order valence-corrected chi connectivity index (χ4v) is 7.28. The molecule has 0 aliphatic heterocycles. The Hall–Kier alpha value is -0.860. The summed E-state index contributed by atoms with van der Waals surface area (Å²) in [7, 11) is 0. The van der Waals surface area contributed by atoms with Gasteiger partial charge in [-0.05, 0) is 82.3 Å². The topological polar surface area (TPSA) is 0 Å². The summed E-state index contributed by atoms with van der Waals surface area (Å²) in [4.78, 5) is 0. The van der Waals surface area contributed by atoms with E-state index in [4.69, 9.17) is 0 Å². The summed E-state index contributed by atoms with van der Waals surface area (Å²) in [6.45, 7) is 9.36. The highest BCUT2D eigenvalue weighted by molar-refractivity contribution is 7.19. The number of unbranched alkanes of at least 4 members (excludes halogenated alkanes) is 4. The van der Waals surface area contributed by atoms with Crippen LogP contribution in [0.15, 0.2) is 22.9 Å². The predicted molar refractivity (Wildman–Crippen MR) is 141 cm³/mol. The lowest BCUT2D eigenvalue weighted by atomic mass is 9.81. The van der Waals surface area contributed by atoms with Gasteiger partial charge in [-0.1, -0.05) is 79.1 Å². The standard InChI is InChI=1S/C28H42S2/c1-5-9-13-21(14-10-6-2)25-23-17-19-30-28(23)26(24-18-20-29-27(24)25)22(15-11-7-3)16-12-8-4/h17-22H,5-16H2,1-4H3. The molecule has 0 aliphatic carbocycles. The van der Waals surface area contributed by atoms with Crippen LogP contribution in [0.25, 0.3) is 20.2 Å². The van der Waals surface area contributed by atoms with Crippen LogP contribution in [0.2, 0.25) is 0 Å². The Bertz CT molecular complexity index is 748. The third-order valence-corrected chi connectivity index (χ3v) is 8.74. The van der Waals surface area contributed by atoms with Gasteiger partial charge >= 0.3 is 0 Å². The van der Waals surface area contributed by atoms with E-state index in [-0.39, 0.29) is 0 Å². The molecule has 166 valence electrons. The normalized spacial score (nSPS) is 12.2. The molecule has 3 aromatic rings. The molecule has 0 N–H and O–H groups in total. The van der Waals surface area contributed by atoms with Gasteiger partial charge in [-0.15, -0.1) is 22.7 Å². The summed E-state index contributed by atoms with van der Waals surface area (Å²) in [6, 6.07) is 4.92. The quantitative estimate of drug-likeness (QED) is 0.233. The van der Waals surface area contributed by atoms with E-state index in [1.807, 2.05) is 22.7 Å². The Labute approximate surface area is 193 Å². The fourth-order valence-electron chi connectivity index (χ4n) is 5.18. The predicted octanol–water partition coefficient (Wildman–Crippen LogP) is 11.0. The highest BCUT2D eigenvalue weighted by Crippen LogP contribution is 2.48. The maximum atomic E-state index is 2.46. The Kier molecular flexibility index (Phi) is 9.71. The molecule has 0 aliphatic rings. The van der Waals surface area contributed by atoms with Gasteiger partial charge in [0, 0.05) is 9.40 Å². The van der Waals surface area contributed by atoms with Crippen LogP contribution >= 0.6 is 22.7 Å². The van der Waals surface area contributed by atoms with Crippen LogP contribution in [0.4, 0.5) is 0 Å². The number of hydrogen-bond donors (Lipinski definition) is 0. The van der Waals surface area contributed by atoms with Gasteiger partial charge in [-0.2, -0.15) is 0 Å². The number of benzene rings is 1. The SMILES string of the molecule is CCCCC(CCCC)c1c2ccsc2c(C(CCCC)CCCC)c2ccsc12. The summed E-state index contributed by atoms with van der Waals surface area (Å²) in [5, 5.41) is 7.93. The van der Waals surface area contributed by atoms with Crippen LogP contribution in [-0.2, 0) is 0 Å². The van der Waals surface area contributed by atoms with Gasteiger partial charge in [-0.25, -0.2) is 0 Å². The summed E-state index contributed by atoms with van der Waals surface area (Å²) in [5.41, 5.74) is 3.40. The Morgan fingerprint density at radius 1 is 0.567 bits per heavy atom. The molecule has 0 saturated heterocycles. The van der Waals surface area contributed by atoms with E-state index in [1.54, 1.807) is 31.3 Å². The van der Waals surface area contributed by atoms with E-state index >= 15 is 0 Å². The molecular formula is C28H42S2. The number of hydrogen-bond acceptors (Lipinski definition) is 2. The summed E-state index contributed by atoms with van der Waals surface area (Å²) in [6.07, 6.45) is 16.0. The number of thiophene rings is 2. The third-order valence-electron chi connectivity index (χ3n) is 6.84. The first-order valence-electron chi connectivity index (χ1n) is 12.7. The van der Waals surface area contributed by atoms with Gasteiger partial charge in [0.1, 0.15) is 0 Å². The van der Waals surface area contributed by atoms with E-state index in [2.05, 4.69) is 50.6 Å². The van der Waals surface area contributed by atoms with Crippen molar-refractivity contribution in [3.8, 4) is 0 Å². The zero-order valence-corrected chi connectivity index (χ0v) is 21.4. The molecule has 0 atom stereocenters. The first-order chi connectivity index (χ1) is 14.8. The van der Waals surface area contributed by atoms with Gasteiger partial charge in [0.05, 0.1) is 0 Å². The molecule has 3 rings (SSSR count). The van der Waals surface area contributed by atoms with Gasteiger partial charge in [-0.3, -0.25) is 0 Å². The van der Waals surface area contributed by atoms with Gasteiger partial charge in [0.2, 0.25) is 0 Å². The van der Waals surface area contributed by atoms with Crippen molar-refractivity contribution >= 4 is 42.8 Å². The van der Waals surface area contributed by atoms with Gasteiger partial charge in [0.25, 0.3) is 0 Å². The second kappa shape index (κ2) is 12.2. The first kappa shape index (κ1) is 23.8. The molecule has 0 spiro atoms. The minimum Gasteiger partial charge on any atom is -0.143 e. The largest absolute Gasteiger partial charge is 0.143 e. The van der Waals surface area contributed by atoms with Crippen LogP contribution in [0.5, 0.6) is 0 Å². The van der Waals surface area contributed by atoms with Crippen LogP contribution in [0, 0.1) is 0 Å². The van der Waals surface area contributed by atoms with E-state index in [1.165, 1.54) is 77.0 Å². The number of rotatable bonds is 14. The monoisotopic (exact) mass is 442 g/mol.